The zero-order valence-corrected chi connectivity index (χ0v) is 20.4. The third-order valence-electron chi connectivity index (χ3n) is 5.49. The van der Waals surface area contributed by atoms with Crippen LogP contribution in [-0.4, -0.2) is 41.4 Å². The largest absolute Gasteiger partial charge is 0.493 e. The minimum Gasteiger partial charge on any atom is -0.493 e. The number of nitrogens with zero attached hydrogens (tertiary/aromatic N) is 3. The molecule has 2 heterocycles. The molecule has 0 aliphatic heterocycles. The Labute approximate surface area is 203 Å². The molecular formula is C26H28N4O3S. The number of ether oxygens (including phenoxy) is 2. The van der Waals surface area contributed by atoms with Gasteiger partial charge in [-0.25, -0.2) is 9.67 Å². The maximum Gasteiger partial charge on any atom is 0.226 e. The van der Waals surface area contributed by atoms with E-state index in [1.807, 2.05) is 65.5 Å². The molecule has 0 saturated heterocycles. The van der Waals surface area contributed by atoms with Crippen LogP contribution in [0, 0.1) is 6.92 Å². The zero-order valence-electron chi connectivity index (χ0n) is 19.6. The molecule has 1 N–H and O–H groups in total. The van der Waals surface area contributed by atoms with E-state index in [0.29, 0.717) is 18.0 Å². The number of hydrogen-bond donors (Lipinski definition) is 1. The lowest BCUT2D eigenvalue weighted by Gasteiger charge is -2.08. The second-order valence-electron chi connectivity index (χ2n) is 7.86. The molecule has 8 heteroatoms. The van der Waals surface area contributed by atoms with Crippen molar-refractivity contribution in [3.8, 4) is 27.8 Å². The second-order valence-corrected chi connectivity index (χ2v) is 8.72. The molecule has 0 spiro atoms. The van der Waals surface area contributed by atoms with Gasteiger partial charge in [0.1, 0.15) is 5.01 Å². The topological polar surface area (TPSA) is 78.3 Å². The van der Waals surface area contributed by atoms with Crippen molar-refractivity contribution in [3.63, 3.8) is 0 Å². The van der Waals surface area contributed by atoms with Crippen LogP contribution in [0.1, 0.15) is 23.4 Å². The van der Waals surface area contributed by atoms with Gasteiger partial charge >= 0.3 is 0 Å². The normalized spacial score (nSPS) is 10.8. The highest BCUT2D eigenvalue weighted by molar-refractivity contribution is 7.13. The molecule has 7 nitrogen and oxygen atoms in total. The summed E-state index contributed by atoms with van der Waals surface area (Å²) in [5, 5.41) is 10.4. The van der Waals surface area contributed by atoms with Crippen molar-refractivity contribution in [1.29, 1.82) is 0 Å². The fourth-order valence-electron chi connectivity index (χ4n) is 3.68. The molecule has 0 fully saturated rings. The SMILES string of the molecule is COc1ccc(-c2nc(CC(=O)NCCCc3cn(-c4ccccc4)nc3C)cs2)cc1OC. The Morgan fingerprint density at radius 1 is 1.09 bits per heavy atom. The average molecular weight is 477 g/mol. The predicted molar refractivity (Wildman–Crippen MR) is 134 cm³/mol. The fraction of sp³-hybridized carbons (Fsp3) is 0.269. The van der Waals surface area contributed by atoms with Crippen LogP contribution >= 0.6 is 11.3 Å². The van der Waals surface area contributed by atoms with Gasteiger partial charge in [-0.15, -0.1) is 11.3 Å². The Morgan fingerprint density at radius 3 is 2.65 bits per heavy atom. The lowest BCUT2D eigenvalue weighted by molar-refractivity contribution is -0.120. The molecule has 34 heavy (non-hydrogen) atoms. The van der Waals surface area contributed by atoms with Gasteiger partial charge in [0.25, 0.3) is 0 Å². The zero-order chi connectivity index (χ0) is 23.9. The third-order valence-corrected chi connectivity index (χ3v) is 6.43. The summed E-state index contributed by atoms with van der Waals surface area (Å²) >= 11 is 1.51. The second kappa shape index (κ2) is 11.0. The van der Waals surface area contributed by atoms with E-state index in [1.54, 1.807) is 14.2 Å². The lowest BCUT2D eigenvalue weighted by atomic mass is 10.1. The first-order chi connectivity index (χ1) is 16.6. The number of nitrogens with one attached hydrogen (secondary N) is 1. The van der Waals surface area contributed by atoms with Crippen molar-refractivity contribution in [3.05, 3.63) is 77.1 Å². The molecule has 0 saturated carbocycles. The molecule has 176 valence electrons. The van der Waals surface area contributed by atoms with E-state index in [-0.39, 0.29) is 12.3 Å². The van der Waals surface area contributed by atoms with Crippen LogP contribution in [0.25, 0.3) is 16.3 Å². The van der Waals surface area contributed by atoms with Crippen molar-refractivity contribution in [2.45, 2.75) is 26.2 Å². The third kappa shape index (κ3) is 5.63. The van der Waals surface area contributed by atoms with Gasteiger partial charge in [-0.1, -0.05) is 18.2 Å². The quantitative estimate of drug-likeness (QED) is 0.338. The number of hydrogen-bond acceptors (Lipinski definition) is 6. The standard InChI is InChI=1S/C26H28N4O3S/c1-18-20(16-30(29-18)22-9-5-4-6-10-22)8-7-13-27-25(31)15-21-17-34-26(28-21)19-11-12-23(32-2)24(14-19)33-3/h4-6,9-12,14,16-17H,7-8,13,15H2,1-3H3,(H,27,31). The number of para-hydroxylation sites is 1. The highest BCUT2D eigenvalue weighted by Crippen LogP contribution is 2.33. The number of thiazole rings is 1. The Bertz CT molecular complexity index is 1250. The number of rotatable bonds is 10. The summed E-state index contributed by atoms with van der Waals surface area (Å²) < 4.78 is 12.6. The minimum absolute atomic E-state index is 0.0270. The average Bonchev–Trinajstić information content (AvgIpc) is 3.48. The summed E-state index contributed by atoms with van der Waals surface area (Å²) in [6, 6.07) is 15.7. The molecule has 0 unspecified atom stereocenters. The summed E-state index contributed by atoms with van der Waals surface area (Å²) in [7, 11) is 3.21. The maximum absolute atomic E-state index is 12.4. The van der Waals surface area contributed by atoms with Crippen molar-refractivity contribution in [1.82, 2.24) is 20.1 Å². The van der Waals surface area contributed by atoms with Crippen molar-refractivity contribution < 1.29 is 14.3 Å². The Morgan fingerprint density at radius 2 is 1.88 bits per heavy atom. The molecule has 0 atom stereocenters. The molecular weight excluding hydrogens is 448 g/mol. The smallest absolute Gasteiger partial charge is 0.226 e. The summed E-state index contributed by atoms with van der Waals surface area (Å²) in [5.74, 6) is 1.30. The summed E-state index contributed by atoms with van der Waals surface area (Å²) in [5.41, 5.74) is 4.94. The number of carbonyl (C=O) groups excluding carboxylic acids is 1. The number of benzene rings is 2. The van der Waals surface area contributed by atoms with Crippen LogP contribution in [0.2, 0.25) is 0 Å². The number of aromatic nitrogens is 3. The van der Waals surface area contributed by atoms with Gasteiger partial charge in [-0.05, 0) is 55.7 Å². The lowest BCUT2D eigenvalue weighted by Crippen LogP contribution is -2.26. The van der Waals surface area contributed by atoms with Crippen molar-refractivity contribution >= 4 is 17.2 Å². The number of amides is 1. The molecule has 0 bridgehead atoms. The molecule has 0 aliphatic carbocycles. The van der Waals surface area contributed by atoms with Crippen LogP contribution < -0.4 is 14.8 Å². The molecule has 2 aromatic carbocycles. The Hall–Kier alpha value is -3.65. The highest BCUT2D eigenvalue weighted by atomic mass is 32.1. The molecule has 4 aromatic rings. The maximum atomic E-state index is 12.4. The summed E-state index contributed by atoms with van der Waals surface area (Å²) in [4.78, 5) is 17.0. The molecule has 0 radical (unpaired) electrons. The molecule has 1 amide bonds. The van der Waals surface area contributed by atoms with E-state index in [1.165, 1.54) is 16.9 Å². The van der Waals surface area contributed by atoms with Gasteiger partial charge < -0.3 is 14.8 Å². The molecule has 2 aromatic heterocycles. The Kier molecular flexibility index (Phi) is 7.59. The summed E-state index contributed by atoms with van der Waals surface area (Å²) in [6.45, 7) is 2.63. The molecule has 4 rings (SSSR count). The summed E-state index contributed by atoms with van der Waals surface area (Å²) in [6.07, 6.45) is 4.03. The van der Waals surface area contributed by atoms with Crippen molar-refractivity contribution in [2.24, 2.45) is 0 Å². The van der Waals surface area contributed by atoms with Gasteiger partial charge in [0, 0.05) is 23.7 Å². The van der Waals surface area contributed by atoms with Crippen molar-refractivity contribution in [2.75, 3.05) is 20.8 Å². The van der Waals surface area contributed by atoms with Crippen LogP contribution in [0.15, 0.2) is 60.1 Å². The van der Waals surface area contributed by atoms with Gasteiger partial charge in [0.05, 0.1) is 37.7 Å². The highest BCUT2D eigenvalue weighted by Gasteiger charge is 2.12. The van der Waals surface area contributed by atoms with Crippen LogP contribution in [0.4, 0.5) is 0 Å². The van der Waals surface area contributed by atoms with Gasteiger partial charge in [-0.3, -0.25) is 4.79 Å². The van der Waals surface area contributed by atoms with E-state index in [0.717, 1.165) is 40.5 Å². The predicted octanol–water partition coefficient (Wildman–Crippen LogP) is 4.61. The first kappa shape index (κ1) is 23.5. The van der Waals surface area contributed by atoms with Crippen LogP contribution in [0.3, 0.4) is 0 Å². The number of carbonyl (C=O) groups is 1. The van der Waals surface area contributed by atoms with E-state index in [4.69, 9.17) is 9.47 Å². The van der Waals surface area contributed by atoms with Gasteiger partial charge in [0.15, 0.2) is 11.5 Å². The van der Waals surface area contributed by atoms with Crippen LogP contribution in [0.5, 0.6) is 11.5 Å². The number of aryl methyl sites for hydroxylation is 2. The van der Waals surface area contributed by atoms with Gasteiger partial charge in [0.2, 0.25) is 5.91 Å². The number of methoxy groups -OCH3 is 2. The van der Waals surface area contributed by atoms with E-state index >= 15 is 0 Å². The van der Waals surface area contributed by atoms with E-state index in [2.05, 4.69) is 21.6 Å². The Balaban J connectivity index is 1.26. The first-order valence-electron chi connectivity index (χ1n) is 11.1. The minimum atomic E-state index is -0.0270. The van der Waals surface area contributed by atoms with E-state index < -0.39 is 0 Å². The van der Waals surface area contributed by atoms with Crippen LogP contribution in [-0.2, 0) is 17.6 Å². The van der Waals surface area contributed by atoms with Gasteiger partial charge in [-0.2, -0.15) is 5.10 Å². The monoisotopic (exact) mass is 476 g/mol. The van der Waals surface area contributed by atoms with E-state index in [9.17, 15) is 4.79 Å². The first-order valence-corrected chi connectivity index (χ1v) is 12.0. The fourth-order valence-corrected chi connectivity index (χ4v) is 4.49. The molecule has 0 aliphatic rings.